The predicted octanol–water partition coefficient (Wildman–Crippen LogP) is 5.16. The number of nitrogens with one attached hydrogen (secondary N) is 2. The number of rotatable bonds is 6. The minimum absolute atomic E-state index is 0.0527. The molecule has 0 saturated heterocycles. The number of amides is 1. The molecule has 174 valence electrons. The van der Waals surface area contributed by atoms with Crippen LogP contribution < -0.4 is 20.4 Å². The van der Waals surface area contributed by atoms with Crippen molar-refractivity contribution in [1.29, 1.82) is 0 Å². The van der Waals surface area contributed by atoms with E-state index in [-0.39, 0.29) is 37.6 Å². The van der Waals surface area contributed by atoms with E-state index in [9.17, 15) is 18.0 Å². The van der Waals surface area contributed by atoms with Crippen molar-refractivity contribution < 1.29 is 22.4 Å². The number of hydrogen-bond donors (Lipinski definition) is 2. The van der Waals surface area contributed by atoms with Gasteiger partial charge in [-0.3, -0.25) is 9.52 Å². The summed E-state index contributed by atoms with van der Waals surface area (Å²) >= 11 is 11.8. The van der Waals surface area contributed by atoms with Crippen LogP contribution in [0.15, 0.2) is 80.8 Å². The molecule has 11 heteroatoms. The maximum absolute atomic E-state index is 12.8. The average Bonchev–Trinajstić information content (AvgIpc) is 2.80. The molecule has 0 atom stereocenters. The zero-order valence-corrected chi connectivity index (χ0v) is 19.8. The summed E-state index contributed by atoms with van der Waals surface area (Å²) in [6, 6.07) is 16.4. The summed E-state index contributed by atoms with van der Waals surface area (Å²) in [5, 5.41) is 3.44. The molecule has 4 rings (SSSR count). The third-order valence-electron chi connectivity index (χ3n) is 4.79. The zero-order valence-electron chi connectivity index (χ0n) is 17.5. The Morgan fingerprint density at radius 2 is 1.74 bits per heavy atom. The highest BCUT2D eigenvalue weighted by atomic mass is 35.5. The van der Waals surface area contributed by atoms with Gasteiger partial charge in [0.05, 0.1) is 27.7 Å². The summed E-state index contributed by atoms with van der Waals surface area (Å²) in [6.45, 7) is 0. The number of hydrogen-bond acceptors (Lipinski definition) is 6. The molecule has 1 amide bonds. The smallest absolute Gasteiger partial charge is 0.349 e. The number of anilines is 2. The van der Waals surface area contributed by atoms with Crippen molar-refractivity contribution in [3.05, 3.63) is 92.8 Å². The van der Waals surface area contributed by atoms with E-state index in [0.29, 0.717) is 11.0 Å². The molecule has 34 heavy (non-hydrogen) atoms. The number of fused-ring (bicyclic) bond motifs is 1. The van der Waals surface area contributed by atoms with Crippen molar-refractivity contribution in [3.63, 3.8) is 0 Å². The van der Waals surface area contributed by atoms with Crippen molar-refractivity contribution in [2.75, 3.05) is 17.1 Å². The second-order valence-electron chi connectivity index (χ2n) is 7.04. The van der Waals surface area contributed by atoms with Crippen molar-refractivity contribution in [1.82, 2.24) is 0 Å². The van der Waals surface area contributed by atoms with E-state index in [0.717, 1.165) is 0 Å². The number of carbonyl (C=O) groups excluding carboxylic acids is 1. The van der Waals surface area contributed by atoms with Gasteiger partial charge in [-0.25, -0.2) is 13.2 Å². The Morgan fingerprint density at radius 3 is 2.47 bits per heavy atom. The fourth-order valence-electron chi connectivity index (χ4n) is 3.13. The molecular formula is C23H16Cl2N2O6S. The number of halogens is 2. The quantitative estimate of drug-likeness (QED) is 0.340. The molecule has 1 heterocycles. The molecule has 0 fully saturated rings. The first-order valence-corrected chi connectivity index (χ1v) is 11.9. The highest BCUT2D eigenvalue weighted by molar-refractivity contribution is 7.92. The molecule has 4 aromatic rings. The van der Waals surface area contributed by atoms with Crippen LogP contribution in [0.3, 0.4) is 0 Å². The number of benzene rings is 3. The molecule has 8 nitrogen and oxygen atoms in total. The molecule has 1 aromatic heterocycles. The lowest BCUT2D eigenvalue weighted by Gasteiger charge is -2.14. The van der Waals surface area contributed by atoms with E-state index in [4.69, 9.17) is 32.4 Å². The Bertz CT molecular complexity index is 1580. The molecular weight excluding hydrogens is 503 g/mol. The molecule has 2 N–H and O–H groups in total. The Kier molecular flexibility index (Phi) is 6.52. The number of para-hydroxylation sites is 1. The van der Waals surface area contributed by atoms with Crippen LogP contribution in [0.25, 0.3) is 11.0 Å². The first kappa shape index (κ1) is 23.6. The average molecular weight is 519 g/mol. The van der Waals surface area contributed by atoms with Crippen molar-refractivity contribution in [2.45, 2.75) is 4.90 Å². The minimum Gasteiger partial charge on any atom is -0.495 e. The van der Waals surface area contributed by atoms with E-state index >= 15 is 0 Å². The van der Waals surface area contributed by atoms with Gasteiger partial charge in [-0.2, -0.15) is 0 Å². The Hall–Kier alpha value is -3.53. The van der Waals surface area contributed by atoms with E-state index < -0.39 is 21.6 Å². The van der Waals surface area contributed by atoms with Crippen molar-refractivity contribution in [2.24, 2.45) is 0 Å². The van der Waals surface area contributed by atoms with Gasteiger partial charge in [-0.15, -0.1) is 0 Å². The fraction of sp³-hybridized carbons (Fsp3) is 0.0435. The third-order valence-corrected chi connectivity index (χ3v) is 6.89. The molecule has 0 unspecified atom stereocenters. The van der Waals surface area contributed by atoms with Crippen LogP contribution in [-0.4, -0.2) is 21.4 Å². The normalized spacial score (nSPS) is 11.3. The van der Waals surface area contributed by atoms with Gasteiger partial charge in [0.1, 0.15) is 16.9 Å². The summed E-state index contributed by atoms with van der Waals surface area (Å²) in [5.41, 5.74) is -0.382. The maximum atomic E-state index is 12.8. The summed E-state index contributed by atoms with van der Waals surface area (Å²) in [7, 11) is -2.70. The summed E-state index contributed by atoms with van der Waals surface area (Å²) < 4.78 is 38.5. The topological polar surface area (TPSA) is 115 Å². The van der Waals surface area contributed by atoms with Crippen LogP contribution in [0.5, 0.6) is 5.75 Å². The SMILES string of the molecule is COc1ccc(NC(=O)c2cc3ccccc3oc2=O)cc1NS(=O)(=O)c1ccc(Cl)c(Cl)c1. The molecule has 0 aliphatic carbocycles. The lowest BCUT2D eigenvalue weighted by atomic mass is 10.1. The monoisotopic (exact) mass is 518 g/mol. The lowest BCUT2D eigenvalue weighted by molar-refractivity contribution is 0.102. The van der Waals surface area contributed by atoms with Crippen molar-refractivity contribution >= 4 is 61.5 Å². The first-order valence-electron chi connectivity index (χ1n) is 9.68. The van der Waals surface area contributed by atoms with E-state index in [2.05, 4.69) is 10.0 Å². The number of ether oxygens (including phenoxy) is 1. The van der Waals surface area contributed by atoms with Gasteiger partial charge in [0.25, 0.3) is 15.9 Å². The van der Waals surface area contributed by atoms with Gasteiger partial charge in [0.15, 0.2) is 0 Å². The largest absolute Gasteiger partial charge is 0.495 e. The van der Waals surface area contributed by atoms with Gasteiger partial charge in [-0.05, 0) is 48.5 Å². The summed E-state index contributed by atoms with van der Waals surface area (Å²) in [4.78, 5) is 24.9. The van der Waals surface area contributed by atoms with Crippen LogP contribution in [0, 0.1) is 0 Å². The van der Waals surface area contributed by atoms with Crippen LogP contribution in [-0.2, 0) is 10.0 Å². The summed E-state index contributed by atoms with van der Waals surface area (Å²) in [6.07, 6.45) is 0. The molecule has 0 spiro atoms. The zero-order chi connectivity index (χ0) is 24.5. The molecule has 0 aliphatic heterocycles. The van der Waals surface area contributed by atoms with Crippen LogP contribution in [0.1, 0.15) is 10.4 Å². The van der Waals surface area contributed by atoms with Crippen molar-refractivity contribution in [3.8, 4) is 5.75 Å². The van der Waals surface area contributed by atoms with E-state index in [1.165, 1.54) is 49.6 Å². The van der Waals surface area contributed by atoms with Gasteiger partial charge in [0, 0.05) is 11.1 Å². The predicted molar refractivity (Wildman–Crippen MR) is 131 cm³/mol. The first-order chi connectivity index (χ1) is 16.2. The van der Waals surface area contributed by atoms with Crippen LogP contribution in [0.4, 0.5) is 11.4 Å². The minimum atomic E-state index is -4.06. The summed E-state index contributed by atoms with van der Waals surface area (Å²) in [5.74, 6) is -0.519. The highest BCUT2D eigenvalue weighted by Crippen LogP contribution is 2.31. The fourth-order valence-corrected chi connectivity index (χ4v) is 4.58. The Labute approximate surface area is 204 Å². The second-order valence-corrected chi connectivity index (χ2v) is 9.53. The molecule has 0 aliphatic rings. The Balaban J connectivity index is 1.64. The number of carbonyl (C=O) groups is 1. The van der Waals surface area contributed by atoms with Gasteiger partial charge in [-0.1, -0.05) is 41.4 Å². The number of sulfonamides is 1. The number of methoxy groups -OCH3 is 1. The standard InChI is InChI=1S/C23H16Cl2N2O6S/c1-32-21-9-6-14(11-19(21)27-34(30,31)15-7-8-17(24)18(25)12-15)26-22(28)16-10-13-4-2-3-5-20(13)33-23(16)29/h2-12,27H,1H3,(H,26,28). The highest BCUT2D eigenvalue weighted by Gasteiger charge is 2.19. The maximum Gasteiger partial charge on any atom is 0.349 e. The molecule has 0 radical (unpaired) electrons. The van der Waals surface area contributed by atoms with Crippen LogP contribution in [0.2, 0.25) is 10.0 Å². The second kappa shape index (κ2) is 9.38. The van der Waals surface area contributed by atoms with Gasteiger partial charge >= 0.3 is 5.63 Å². The molecule has 3 aromatic carbocycles. The molecule has 0 saturated carbocycles. The lowest BCUT2D eigenvalue weighted by Crippen LogP contribution is -2.21. The molecule has 0 bridgehead atoms. The van der Waals surface area contributed by atoms with E-state index in [1.807, 2.05) is 0 Å². The van der Waals surface area contributed by atoms with Gasteiger partial charge in [0.2, 0.25) is 0 Å². The third kappa shape index (κ3) is 4.86. The van der Waals surface area contributed by atoms with Gasteiger partial charge < -0.3 is 14.5 Å². The Morgan fingerprint density at radius 1 is 0.971 bits per heavy atom. The van der Waals surface area contributed by atoms with Crippen LogP contribution >= 0.6 is 23.2 Å². The van der Waals surface area contributed by atoms with E-state index in [1.54, 1.807) is 24.3 Å².